The Labute approximate surface area is 100 Å². The van der Waals surface area contributed by atoms with E-state index in [4.69, 9.17) is 0 Å². The molecule has 1 atom stereocenters. The zero-order chi connectivity index (χ0) is 11.5. The normalized spacial score (nSPS) is 20.8. The number of hydrogen-bond donors (Lipinski definition) is 1. The van der Waals surface area contributed by atoms with Gasteiger partial charge in [0.1, 0.15) is 0 Å². The Morgan fingerprint density at radius 1 is 1.62 bits per heavy atom. The monoisotopic (exact) mass is 238 g/mol. The highest BCUT2D eigenvalue weighted by Crippen LogP contribution is 2.22. The fourth-order valence-corrected chi connectivity index (χ4v) is 3.15. The van der Waals surface area contributed by atoms with Crippen LogP contribution in [0.2, 0.25) is 0 Å². The molecule has 1 N–H and O–H groups in total. The number of aryl methyl sites for hydroxylation is 1. The maximum atomic E-state index is 11.9. The van der Waals surface area contributed by atoms with Gasteiger partial charge in [0.25, 0.3) is 0 Å². The molecule has 1 aliphatic rings. The molecule has 0 aliphatic carbocycles. The molecule has 0 saturated carbocycles. The number of hydrogen-bond acceptors (Lipinski definition) is 3. The minimum Gasteiger partial charge on any atom is -0.336 e. The van der Waals surface area contributed by atoms with Gasteiger partial charge in [-0.3, -0.25) is 4.79 Å². The van der Waals surface area contributed by atoms with E-state index in [0.717, 1.165) is 25.9 Å². The zero-order valence-corrected chi connectivity index (χ0v) is 10.6. The first-order valence-corrected chi connectivity index (χ1v) is 6.65. The van der Waals surface area contributed by atoms with Gasteiger partial charge in [0.05, 0.1) is 12.6 Å². The molecule has 3 nitrogen and oxygen atoms in total. The molecule has 16 heavy (non-hydrogen) atoms. The van der Waals surface area contributed by atoms with E-state index in [1.54, 1.807) is 11.3 Å². The van der Waals surface area contributed by atoms with E-state index in [1.165, 1.54) is 10.4 Å². The van der Waals surface area contributed by atoms with Gasteiger partial charge in [-0.1, -0.05) is 6.92 Å². The quantitative estimate of drug-likeness (QED) is 0.864. The van der Waals surface area contributed by atoms with Crippen molar-refractivity contribution in [1.29, 1.82) is 0 Å². The molecule has 1 aromatic rings. The second kappa shape index (κ2) is 4.97. The third-order valence-electron chi connectivity index (χ3n) is 3.20. The van der Waals surface area contributed by atoms with Gasteiger partial charge in [-0.25, -0.2) is 0 Å². The molecule has 1 saturated heterocycles. The fourth-order valence-electron chi connectivity index (χ4n) is 2.16. The van der Waals surface area contributed by atoms with E-state index in [-0.39, 0.29) is 11.9 Å². The van der Waals surface area contributed by atoms with Gasteiger partial charge in [-0.05, 0) is 36.9 Å². The van der Waals surface area contributed by atoms with Crippen molar-refractivity contribution in [3.05, 3.63) is 21.9 Å². The minimum atomic E-state index is 0.0324. The zero-order valence-electron chi connectivity index (χ0n) is 9.82. The summed E-state index contributed by atoms with van der Waals surface area (Å²) in [7, 11) is 1.86. The van der Waals surface area contributed by atoms with Gasteiger partial charge in [0.2, 0.25) is 5.91 Å². The first-order valence-electron chi connectivity index (χ1n) is 5.77. The summed E-state index contributed by atoms with van der Waals surface area (Å²) in [5, 5.41) is 5.18. The van der Waals surface area contributed by atoms with Crippen molar-refractivity contribution in [2.45, 2.75) is 32.4 Å². The lowest BCUT2D eigenvalue weighted by Gasteiger charge is -2.16. The lowest BCUT2D eigenvalue weighted by atomic mass is 10.2. The van der Waals surface area contributed by atoms with Crippen LogP contribution in [0.25, 0.3) is 0 Å². The second-order valence-corrected chi connectivity index (χ2v) is 5.11. The lowest BCUT2D eigenvalue weighted by molar-refractivity contribution is -0.129. The number of rotatable bonds is 4. The molecule has 1 aromatic heterocycles. The summed E-state index contributed by atoms with van der Waals surface area (Å²) in [5.41, 5.74) is 1.38. The van der Waals surface area contributed by atoms with Gasteiger partial charge < -0.3 is 10.2 Å². The van der Waals surface area contributed by atoms with Crippen LogP contribution in [0.5, 0.6) is 0 Å². The van der Waals surface area contributed by atoms with Crippen LogP contribution in [0.1, 0.15) is 23.8 Å². The van der Waals surface area contributed by atoms with E-state index in [2.05, 4.69) is 23.7 Å². The molecule has 0 bridgehead atoms. The molecule has 0 aromatic carbocycles. The van der Waals surface area contributed by atoms with Crippen LogP contribution in [-0.4, -0.2) is 30.4 Å². The number of carbonyl (C=O) groups is 1. The van der Waals surface area contributed by atoms with Crippen molar-refractivity contribution < 1.29 is 4.79 Å². The van der Waals surface area contributed by atoms with Gasteiger partial charge in [-0.2, -0.15) is 0 Å². The smallest absolute Gasteiger partial charge is 0.240 e. The van der Waals surface area contributed by atoms with E-state index < -0.39 is 0 Å². The number of likely N-dealkylation sites (N-methyl/N-ethyl adjacent to an activating group) is 1. The summed E-state index contributed by atoms with van der Waals surface area (Å²) in [5.74, 6) is 0.248. The molecule has 4 heteroatoms. The number of nitrogens with zero attached hydrogens (tertiary/aromatic N) is 1. The largest absolute Gasteiger partial charge is 0.336 e. The van der Waals surface area contributed by atoms with E-state index >= 15 is 0 Å². The summed E-state index contributed by atoms with van der Waals surface area (Å²) in [6, 6.07) is 2.20. The Morgan fingerprint density at radius 2 is 2.44 bits per heavy atom. The maximum Gasteiger partial charge on any atom is 0.240 e. The molecular weight excluding hydrogens is 220 g/mol. The average molecular weight is 238 g/mol. The third kappa shape index (κ3) is 2.13. The van der Waals surface area contributed by atoms with Crippen molar-refractivity contribution in [3.8, 4) is 0 Å². The Morgan fingerprint density at radius 3 is 3.06 bits per heavy atom. The number of likely N-dealkylation sites (tertiary alicyclic amines) is 1. The van der Waals surface area contributed by atoms with Crippen molar-refractivity contribution in [3.63, 3.8) is 0 Å². The summed E-state index contributed by atoms with van der Waals surface area (Å²) in [6.45, 7) is 3.83. The SMILES string of the molecule is CCc1ccsc1CN1CCC(NC)C1=O. The molecule has 1 aliphatic heterocycles. The molecule has 1 fully saturated rings. The molecule has 88 valence electrons. The van der Waals surface area contributed by atoms with Crippen molar-refractivity contribution in [2.75, 3.05) is 13.6 Å². The van der Waals surface area contributed by atoms with Crippen LogP contribution >= 0.6 is 11.3 Å². The van der Waals surface area contributed by atoms with Gasteiger partial charge >= 0.3 is 0 Å². The maximum absolute atomic E-state index is 11.9. The van der Waals surface area contributed by atoms with Crippen LogP contribution in [0.15, 0.2) is 11.4 Å². The first kappa shape index (κ1) is 11.6. The Kier molecular flexibility index (Phi) is 3.61. The number of thiophene rings is 1. The molecule has 0 radical (unpaired) electrons. The Bertz CT molecular complexity index is 375. The number of nitrogens with one attached hydrogen (secondary N) is 1. The highest BCUT2D eigenvalue weighted by Gasteiger charge is 2.30. The summed E-state index contributed by atoms with van der Waals surface area (Å²) in [6.07, 6.45) is 1.98. The molecule has 2 heterocycles. The lowest BCUT2D eigenvalue weighted by Crippen LogP contribution is -2.35. The Balaban J connectivity index is 2.03. The highest BCUT2D eigenvalue weighted by molar-refractivity contribution is 7.10. The average Bonchev–Trinajstić information content (AvgIpc) is 2.87. The van der Waals surface area contributed by atoms with Crippen LogP contribution in [-0.2, 0) is 17.8 Å². The van der Waals surface area contributed by atoms with Crippen molar-refractivity contribution in [1.82, 2.24) is 10.2 Å². The minimum absolute atomic E-state index is 0.0324. The summed E-state index contributed by atoms with van der Waals surface area (Å²) >= 11 is 1.76. The predicted molar refractivity (Wildman–Crippen MR) is 66.6 cm³/mol. The van der Waals surface area contributed by atoms with Gasteiger partial charge in [0.15, 0.2) is 0 Å². The molecule has 1 unspecified atom stereocenters. The third-order valence-corrected chi connectivity index (χ3v) is 4.15. The van der Waals surface area contributed by atoms with Gasteiger partial charge in [-0.15, -0.1) is 11.3 Å². The Hall–Kier alpha value is -0.870. The predicted octanol–water partition coefficient (Wildman–Crippen LogP) is 1.63. The van der Waals surface area contributed by atoms with Crippen molar-refractivity contribution in [2.24, 2.45) is 0 Å². The molecule has 1 amide bonds. The van der Waals surface area contributed by atoms with Crippen molar-refractivity contribution >= 4 is 17.2 Å². The molecular formula is C12H18N2OS. The van der Waals surface area contributed by atoms with Crippen LogP contribution in [0.4, 0.5) is 0 Å². The highest BCUT2D eigenvalue weighted by atomic mass is 32.1. The topological polar surface area (TPSA) is 32.3 Å². The summed E-state index contributed by atoms with van der Waals surface area (Å²) in [4.78, 5) is 15.2. The van der Waals surface area contributed by atoms with E-state index in [1.807, 2.05) is 11.9 Å². The summed E-state index contributed by atoms with van der Waals surface area (Å²) < 4.78 is 0. The number of carbonyl (C=O) groups excluding carboxylic acids is 1. The molecule has 0 spiro atoms. The van der Waals surface area contributed by atoms with Crippen LogP contribution in [0.3, 0.4) is 0 Å². The second-order valence-electron chi connectivity index (χ2n) is 4.11. The standard InChI is InChI=1S/C12H18N2OS/c1-3-9-5-7-16-11(9)8-14-6-4-10(13-2)12(14)15/h5,7,10,13H,3-4,6,8H2,1-2H3. The van der Waals surface area contributed by atoms with E-state index in [9.17, 15) is 4.79 Å². The van der Waals surface area contributed by atoms with Crippen LogP contribution < -0.4 is 5.32 Å². The molecule has 2 rings (SSSR count). The van der Waals surface area contributed by atoms with E-state index in [0.29, 0.717) is 0 Å². The fraction of sp³-hybridized carbons (Fsp3) is 0.583. The number of amides is 1. The van der Waals surface area contributed by atoms with Gasteiger partial charge in [0, 0.05) is 11.4 Å². The van der Waals surface area contributed by atoms with Crippen LogP contribution in [0, 0.1) is 0 Å². The first-order chi connectivity index (χ1) is 7.76.